The number of thiophene rings is 1. The Labute approximate surface area is 127 Å². The zero-order valence-corrected chi connectivity index (χ0v) is 14.5. The van der Waals surface area contributed by atoms with E-state index in [0.29, 0.717) is 16.7 Å². The molecule has 4 nitrogen and oxygen atoms in total. The van der Waals surface area contributed by atoms with Gasteiger partial charge in [-0.05, 0) is 31.0 Å². The molecule has 0 amide bonds. The Morgan fingerprint density at radius 2 is 2.05 bits per heavy atom. The van der Waals surface area contributed by atoms with Crippen LogP contribution in [0.15, 0.2) is 16.3 Å². The van der Waals surface area contributed by atoms with E-state index in [1.807, 2.05) is 6.07 Å². The summed E-state index contributed by atoms with van der Waals surface area (Å²) >= 11 is 1.36. The fourth-order valence-corrected chi connectivity index (χ4v) is 4.63. The lowest BCUT2D eigenvalue weighted by molar-refractivity contribution is 0.394. The van der Waals surface area contributed by atoms with E-state index in [1.54, 1.807) is 13.1 Å². The van der Waals surface area contributed by atoms with Crippen molar-refractivity contribution in [1.82, 2.24) is 9.62 Å². The molecule has 0 aliphatic rings. The average molecular weight is 319 g/mol. The van der Waals surface area contributed by atoms with Crippen molar-refractivity contribution >= 4 is 21.4 Å². The molecule has 0 bridgehead atoms. The summed E-state index contributed by atoms with van der Waals surface area (Å²) in [5.74, 6) is 0.375. The van der Waals surface area contributed by atoms with Gasteiger partial charge in [-0.3, -0.25) is 0 Å². The first-order valence-electron chi connectivity index (χ1n) is 7.17. The van der Waals surface area contributed by atoms with Crippen LogP contribution < -0.4 is 5.32 Å². The predicted molar refractivity (Wildman–Crippen MR) is 85.6 cm³/mol. The van der Waals surface area contributed by atoms with E-state index in [-0.39, 0.29) is 0 Å². The quantitative estimate of drug-likeness (QED) is 0.712. The minimum Gasteiger partial charge on any atom is -0.312 e. The van der Waals surface area contributed by atoms with E-state index in [4.69, 9.17) is 0 Å². The van der Waals surface area contributed by atoms with Gasteiger partial charge in [-0.25, -0.2) is 8.42 Å². The van der Waals surface area contributed by atoms with Crippen LogP contribution in [0, 0.1) is 5.92 Å². The average Bonchev–Trinajstić information content (AvgIpc) is 2.88. The molecule has 1 atom stereocenters. The molecule has 1 rings (SSSR count). The maximum atomic E-state index is 12.4. The Bertz CT molecular complexity index is 497. The Morgan fingerprint density at radius 3 is 2.65 bits per heavy atom. The molecule has 0 spiro atoms. The highest BCUT2D eigenvalue weighted by Gasteiger charge is 2.23. The van der Waals surface area contributed by atoms with Crippen LogP contribution in [0.5, 0.6) is 0 Å². The fraction of sp³-hybridized carbons (Fsp3) is 0.714. The highest BCUT2D eigenvalue weighted by atomic mass is 32.2. The summed E-state index contributed by atoms with van der Waals surface area (Å²) in [5.41, 5.74) is 0. The summed E-state index contributed by atoms with van der Waals surface area (Å²) in [6.07, 6.45) is 2.06. The largest absolute Gasteiger partial charge is 0.312 e. The Morgan fingerprint density at radius 1 is 1.35 bits per heavy atom. The van der Waals surface area contributed by atoms with Crippen molar-refractivity contribution < 1.29 is 8.42 Å². The van der Waals surface area contributed by atoms with Crippen molar-refractivity contribution in [2.75, 3.05) is 20.1 Å². The monoisotopic (exact) mass is 318 g/mol. The van der Waals surface area contributed by atoms with Crippen molar-refractivity contribution in [2.45, 2.75) is 44.4 Å². The molecule has 0 saturated heterocycles. The third-order valence-electron chi connectivity index (χ3n) is 3.29. The summed E-state index contributed by atoms with van der Waals surface area (Å²) in [4.78, 5) is 1.06. The van der Waals surface area contributed by atoms with Crippen LogP contribution in [-0.4, -0.2) is 32.9 Å². The lowest BCUT2D eigenvalue weighted by atomic mass is 10.1. The van der Waals surface area contributed by atoms with Crippen LogP contribution in [0.2, 0.25) is 0 Å². The SMILES string of the molecule is CCCNCc1ccc(S(=O)(=O)N(C)CC(C)CC)s1. The third-order valence-corrected chi connectivity index (χ3v) is 6.67. The minimum atomic E-state index is -3.33. The van der Waals surface area contributed by atoms with Gasteiger partial charge in [0.1, 0.15) is 4.21 Å². The van der Waals surface area contributed by atoms with Gasteiger partial charge in [-0.15, -0.1) is 11.3 Å². The summed E-state index contributed by atoms with van der Waals surface area (Å²) in [6.45, 7) is 8.52. The number of nitrogens with one attached hydrogen (secondary N) is 1. The molecule has 0 radical (unpaired) electrons. The van der Waals surface area contributed by atoms with E-state index < -0.39 is 10.0 Å². The first-order chi connectivity index (χ1) is 9.41. The van der Waals surface area contributed by atoms with Crippen LogP contribution in [0.3, 0.4) is 0 Å². The van der Waals surface area contributed by atoms with Gasteiger partial charge in [0.15, 0.2) is 0 Å². The number of hydrogen-bond donors (Lipinski definition) is 1. The molecule has 1 N–H and O–H groups in total. The van der Waals surface area contributed by atoms with Crippen molar-refractivity contribution in [2.24, 2.45) is 5.92 Å². The van der Waals surface area contributed by atoms with Gasteiger partial charge in [0.05, 0.1) is 0 Å². The molecule has 116 valence electrons. The van der Waals surface area contributed by atoms with E-state index in [0.717, 1.165) is 30.8 Å². The van der Waals surface area contributed by atoms with Gasteiger partial charge in [-0.1, -0.05) is 27.2 Å². The van der Waals surface area contributed by atoms with Crippen LogP contribution in [0.1, 0.15) is 38.5 Å². The Hall–Kier alpha value is -0.430. The van der Waals surface area contributed by atoms with Crippen LogP contribution >= 0.6 is 11.3 Å². The Kier molecular flexibility index (Phi) is 7.15. The van der Waals surface area contributed by atoms with E-state index in [2.05, 4.69) is 26.1 Å². The second-order valence-corrected chi connectivity index (χ2v) is 8.64. The van der Waals surface area contributed by atoms with Crippen LogP contribution in [0.25, 0.3) is 0 Å². The van der Waals surface area contributed by atoms with Gasteiger partial charge in [0.25, 0.3) is 10.0 Å². The van der Waals surface area contributed by atoms with Gasteiger partial charge < -0.3 is 5.32 Å². The zero-order valence-electron chi connectivity index (χ0n) is 12.8. The standard InChI is InChI=1S/C14H26N2O2S2/c1-5-9-15-10-13-7-8-14(19-13)20(17,18)16(4)11-12(3)6-2/h7-8,12,15H,5-6,9-11H2,1-4H3. The first kappa shape index (κ1) is 17.6. The molecular formula is C14H26N2O2S2. The zero-order chi connectivity index (χ0) is 15.2. The molecule has 0 aliphatic heterocycles. The molecule has 1 heterocycles. The minimum absolute atomic E-state index is 0.375. The van der Waals surface area contributed by atoms with Crippen LogP contribution in [0.4, 0.5) is 0 Å². The molecule has 1 unspecified atom stereocenters. The fourth-order valence-electron chi connectivity index (χ4n) is 1.80. The number of hydrogen-bond acceptors (Lipinski definition) is 4. The van der Waals surface area contributed by atoms with Gasteiger partial charge in [-0.2, -0.15) is 4.31 Å². The van der Waals surface area contributed by atoms with Gasteiger partial charge in [0.2, 0.25) is 0 Å². The van der Waals surface area contributed by atoms with Crippen molar-refractivity contribution in [3.63, 3.8) is 0 Å². The third kappa shape index (κ3) is 4.84. The lowest BCUT2D eigenvalue weighted by Gasteiger charge is -2.19. The highest BCUT2D eigenvalue weighted by molar-refractivity contribution is 7.91. The first-order valence-corrected chi connectivity index (χ1v) is 9.43. The number of sulfonamides is 1. The predicted octanol–water partition coefficient (Wildman–Crippen LogP) is 2.91. The van der Waals surface area contributed by atoms with E-state index in [1.165, 1.54) is 15.6 Å². The van der Waals surface area contributed by atoms with Crippen molar-refractivity contribution in [3.05, 3.63) is 17.0 Å². The molecule has 20 heavy (non-hydrogen) atoms. The smallest absolute Gasteiger partial charge is 0.252 e. The molecule has 6 heteroatoms. The molecule has 0 aromatic carbocycles. The summed E-state index contributed by atoms with van der Waals surface area (Å²) in [7, 11) is -1.67. The second-order valence-electron chi connectivity index (χ2n) is 5.20. The number of nitrogens with zero attached hydrogens (tertiary/aromatic N) is 1. The van der Waals surface area contributed by atoms with E-state index >= 15 is 0 Å². The van der Waals surface area contributed by atoms with Crippen molar-refractivity contribution in [1.29, 1.82) is 0 Å². The van der Waals surface area contributed by atoms with E-state index in [9.17, 15) is 8.42 Å². The van der Waals surface area contributed by atoms with Gasteiger partial charge in [0, 0.05) is 25.0 Å². The summed E-state index contributed by atoms with van der Waals surface area (Å²) < 4.78 is 26.8. The molecule has 0 aliphatic carbocycles. The van der Waals surface area contributed by atoms with Crippen molar-refractivity contribution in [3.8, 4) is 0 Å². The molecule has 1 aromatic rings. The molecular weight excluding hydrogens is 292 g/mol. The molecule has 0 fully saturated rings. The maximum Gasteiger partial charge on any atom is 0.252 e. The molecule has 0 saturated carbocycles. The second kappa shape index (κ2) is 8.12. The normalized spacial score (nSPS) is 13.8. The highest BCUT2D eigenvalue weighted by Crippen LogP contribution is 2.25. The number of rotatable bonds is 9. The lowest BCUT2D eigenvalue weighted by Crippen LogP contribution is -2.30. The summed E-state index contributed by atoms with van der Waals surface area (Å²) in [6, 6.07) is 3.62. The van der Waals surface area contributed by atoms with Gasteiger partial charge >= 0.3 is 0 Å². The van der Waals surface area contributed by atoms with Crippen LogP contribution in [-0.2, 0) is 16.6 Å². The molecule has 1 aromatic heterocycles. The summed E-state index contributed by atoms with van der Waals surface area (Å²) in [5, 5.41) is 3.29. The topological polar surface area (TPSA) is 49.4 Å². The Balaban J connectivity index is 2.72. The maximum absolute atomic E-state index is 12.4.